The molecule has 3 rings (SSSR count). The molecule has 2 saturated heterocycles. The number of rotatable bonds is 79. The minimum absolute atomic E-state index is 0.00482. The van der Waals surface area contributed by atoms with Gasteiger partial charge in [-0.2, -0.15) is 0 Å². The first-order chi connectivity index (χ1) is 58.1. The van der Waals surface area contributed by atoms with E-state index in [0.29, 0.717) is 44.4 Å². The minimum Gasteiger partial charge on any atom is -0.463 e. The fourth-order valence-electron chi connectivity index (χ4n) is 16.3. The summed E-state index contributed by atoms with van der Waals surface area (Å²) in [5.41, 5.74) is 0. The smallest absolute Gasteiger partial charge is 0.463 e. The first kappa shape index (κ1) is 111. The molecule has 25 nitrogen and oxygen atoms in total. The molecule has 0 amide bonds. The van der Waals surface area contributed by atoms with Gasteiger partial charge in [-0.3, -0.25) is 28.2 Å². The fourth-order valence-corrected chi connectivity index (χ4v) is 17.3. The molecule has 0 aromatic rings. The van der Waals surface area contributed by atoms with Crippen LogP contribution in [0.3, 0.4) is 0 Å². The molecule has 0 spiro atoms. The van der Waals surface area contributed by atoms with E-state index in [4.69, 9.17) is 46.9 Å². The number of hydrogen-bond acceptors (Lipinski definition) is 24. The molecule has 3 aliphatic rings. The van der Waals surface area contributed by atoms with Crippen molar-refractivity contribution in [1.82, 2.24) is 0 Å². The average molecular weight is 1740 g/mol. The standard InChI is InChI=1S/C94H175O25P/c1-6-10-14-18-22-25-28-31-33-35-38-41-43-46-53-59-65-77(96)110-70-74(113-79(98)67-61-55-48-45-42-39-36-34-32-29-26-23-19-15-11-7-2)71-112-120(108,109)119-92-90(117-93-87(106)83(102)81(100)75(69-95)114-93)86(105)85(104)89(116-80(99)68-62-56-50-49-52-58-64-73(5)63-57-51-21-17-13-9-4)91(92)118-94-88(107)84(103)82(101)76(115-94)72-111-78(97)66-60-54-47-44-40-37-30-27-24-20-16-12-8-3/h37,40,73-76,81-95,100-107H,6-36,38-39,41-72H2,1-5H3,(H,108,109)/b40-37-. The molecule has 706 valence electrons. The van der Waals surface area contributed by atoms with Crippen molar-refractivity contribution in [1.29, 1.82) is 0 Å². The quantitative estimate of drug-likeness (QED) is 0.00889. The molecule has 19 atom stereocenters. The van der Waals surface area contributed by atoms with Gasteiger partial charge in [0, 0.05) is 25.7 Å². The van der Waals surface area contributed by atoms with Gasteiger partial charge in [0.15, 0.2) is 24.8 Å². The Hall–Kier alpha value is -2.79. The predicted molar refractivity (Wildman–Crippen MR) is 467 cm³/mol. The molecule has 26 heteroatoms. The van der Waals surface area contributed by atoms with E-state index in [0.717, 1.165) is 122 Å². The van der Waals surface area contributed by atoms with Crippen molar-refractivity contribution in [3.63, 3.8) is 0 Å². The number of ether oxygens (including phenoxy) is 8. The first-order valence-corrected chi connectivity index (χ1v) is 50.3. The van der Waals surface area contributed by atoms with Crippen LogP contribution in [0.5, 0.6) is 0 Å². The Labute approximate surface area is 724 Å². The Kier molecular flexibility index (Phi) is 67.0. The molecule has 1 aliphatic carbocycles. The summed E-state index contributed by atoms with van der Waals surface area (Å²) in [5.74, 6) is -2.34. The lowest BCUT2D eigenvalue weighted by atomic mass is 9.84. The van der Waals surface area contributed by atoms with Crippen LogP contribution in [0.4, 0.5) is 0 Å². The molecule has 0 bridgehead atoms. The van der Waals surface area contributed by atoms with Crippen molar-refractivity contribution in [2.45, 2.75) is 530 Å². The second-order valence-corrected chi connectivity index (χ2v) is 36.6. The summed E-state index contributed by atoms with van der Waals surface area (Å²) in [7, 11) is -5.81. The molecule has 19 unspecified atom stereocenters. The number of carbonyl (C=O) groups excluding carboxylic acids is 4. The van der Waals surface area contributed by atoms with Crippen molar-refractivity contribution >= 4 is 31.7 Å². The van der Waals surface area contributed by atoms with Crippen LogP contribution in [-0.2, 0) is 70.7 Å². The van der Waals surface area contributed by atoms with Crippen LogP contribution in [0.1, 0.15) is 426 Å². The van der Waals surface area contributed by atoms with Crippen LogP contribution in [0.25, 0.3) is 0 Å². The Morgan fingerprint density at radius 2 is 0.675 bits per heavy atom. The van der Waals surface area contributed by atoms with Crippen LogP contribution in [0.2, 0.25) is 0 Å². The van der Waals surface area contributed by atoms with Crippen molar-refractivity contribution < 1.29 is 122 Å². The Balaban J connectivity index is 1.92. The van der Waals surface area contributed by atoms with Gasteiger partial charge in [0.05, 0.1) is 13.2 Å². The average Bonchev–Trinajstić information content (AvgIpc) is 0.754. The number of phosphoric acid groups is 1. The molecule has 0 aromatic carbocycles. The number of phosphoric ester groups is 1. The summed E-state index contributed by atoms with van der Waals surface area (Å²) in [5, 5.41) is 102. The number of hydrogen-bond donors (Lipinski definition) is 10. The lowest BCUT2D eigenvalue weighted by molar-refractivity contribution is -0.360. The van der Waals surface area contributed by atoms with Gasteiger partial charge in [-0.1, -0.05) is 361 Å². The summed E-state index contributed by atoms with van der Waals surface area (Å²) < 4.78 is 73.6. The summed E-state index contributed by atoms with van der Waals surface area (Å²) in [4.78, 5) is 66.6. The number of carbonyl (C=O) groups is 4. The SMILES string of the molecule is CCCCCCCC/C=C\CCCCCC(=O)OCC1OC(OC2C(OC(=O)CCCCCCCCC(C)CCCCCCCC)C(O)C(O)C(OC3OC(CO)C(O)C(O)C3O)C2OP(=O)(O)OCC(COC(=O)CCCCCCCCCCCCCCCCCC)OC(=O)CCCCCCCCCCCCCCCCCC)C(O)C(O)C1O. The van der Waals surface area contributed by atoms with Gasteiger partial charge in [0.2, 0.25) is 0 Å². The highest BCUT2D eigenvalue weighted by molar-refractivity contribution is 7.47. The first-order valence-electron chi connectivity index (χ1n) is 48.8. The largest absolute Gasteiger partial charge is 0.472 e. The summed E-state index contributed by atoms with van der Waals surface area (Å²) in [6.07, 6.45) is 30.5. The lowest BCUT2D eigenvalue weighted by Gasteiger charge is -2.50. The summed E-state index contributed by atoms with van der Waals surface area (Å²) in [6.45, 7) is 7.92. The highest BCUT2D eigenvalue weighted by atomic mass is 31.2. The van der Waals surface area contributed by atoms with Crippen molar-refractivity contribution in [2.75, 3.05) is 26.4 Å². The third-order valence-corrected chi connectivity index (χ3v) is 25.2. The molecule has 10 N–H and O–H groups in total. The number of unbranched alkanes of at least 4 members (excludes halogenated alkanes) is 49. The Bertz CT molecular complexity index is 2550. The van der Waals surface area contributed by atoms with Crippen LogP contribution >= 0.6 is 7.82 Å². The van der Waals surface area contributed by atoms with Gasteiger partial charge in [-0.05, 0) is 57.3 Å². The van der Waals surface area contributed by atoms with Crippen molar-refractivity contribution in [3.8, 4) is 0 Å². The van der Waals surface area contributed by atoms with E-state index in [2.05, 4.69) is 46.8 Å². The number of esters is 4. The summed E-state index contributed by atoms with van der Waals surface area (Å²) in [6, 6.07) is 0. The molecule has 2 heterocycles. The maximum Gasteiger partial charge on any atom is 0.472 e. The number of aliphatic hydroxyl groups is 9. The molecular weight excluding hydrogens is 1560 g/mol. The zero-order chi connectivity index (χ0) is 87.6. The zero-order valence-corrected chi connectivity index (χ0v) is 76.4. The van der Waals surface area contributed by atoms with E-state index in [1.54, 1.807) is 0 Å². The van der Waals surface area contributed by atoms with Crippen LogP contribution in [-0.4, -0.2) is 205 Å². The second kappa shape index (κ2) is 72.2. The van der Waals surface area contributed by atoms with E-state index in [9.17, 15) is 74.6 Å². The molecule has 1 saturated carbocycles. The van der Waals surface area contributed by atoms with E-state index in [-0.39, 0.29) is 25.7 Å². The van der Waals surface area contributed by atoms with Gasteiger partial charge in [0.25, 0.3) is 0 Å². The lowest BCUT2D eigenvalue weighted by Crippen LogP contribution is -2.70. The Morgan fingerprint density at radius 3 is 1.08 bits per heavy atom. The molecule has 0 aromatic heterocycles. The minimum atomic E-state index is -5.81. The van der Waals surface area contributed by atoms with E-state index in [1.165, 1.54) is 205 Å². The van der Waals surface area contributed by atoms with Crippen molar-refractivity contribution in [3.05, 3.63) is 12.2 Å². The van der Waals surface area contributed by atoms with Gasteiger partial charge >= 0.3 is 31.7 Å². The van der Waals surface area contributed by atoms with Crippen LogP contribution < -0.4 is 0 Å². The number of allylic oxidation sites excluding steroid dienone is 2. The molecule has 0 radical (unpaired) electrons. The monoisotopic (exact) mass is 1740 g/mol. The normalized spacial score (nSPS) is 25.0. The molecule has 120 heavy (non-hydrogen) atoms. The third kappa shape index (κ3) is 51.9. The van der Waals surface area contributed by atoms with E-state index in [1.807, 2.05) is 0 Å². The van der Waals surface area contributed by atoms with Gasteiger partial charge in [-0.25, -0.2) is 4.57 Å². The zero-order valence-electron chi connectivity index (χ0n) is 75.6. The number of aliphatic hydroxyl groups excluding tert-OH is 9. The van der Waals surface area contributed by atoms with Crippen LogP contribution in [0, 0.1) is 5.92 Å². The van der Waals surface area contributed by atoms with E-state index >= 15 is 0 Å². The molecule has 2 aliphatic heterocycles. The highest BCUT2D eigenvalue weighted by Gasteiger charge is 2.60. The Morgan fingerprint density at radius 1 is 0.350 bits per heavy atom. The van der Waals surface area contributed by atoms with E-state index < -0.39 is 162 Å². The second-order valence-electron chi connectivity index (χ2n) is 35.2. The highest BCUT2D eigenvalue weighted by Crippen LogP contribution is 2.49. The molecular formula is C94H175O25P. The van der Waals surface area contributed by atoms with Gasteiger partial charge < -0.3 is 88.7 Å². The molecule has 3 fully saturated rings. The predicted octanol–water partition coefficient (Wildman–Crippen LogP) is 18.6. The topological polar surface area (TPSA) is 380 Å². The van der Waals surface area contributed by atoms with Gasteiger partial charge in [0.1, 0.15) is 92.6 Å². The maximum atomic E-state index is 14.9. The fraction of sp³-hybridized carbons (Fsp3) is 0.936. The van der Waals surface area contributed by atoms with Crippen molar-refractivity contribution in [2.24, 2.45) is 5.92 Å². The van der Waals surface area contributed by atoms with Gasteiger partial charge in [-0.15, -0.1) is 0 Å². The summed E-state index contributed by atoms with van der Waals surface area (Å²) >= 11 is 0. The van der Waals surface area contributed by atoms with Crippen LogP contribution in [0.15, 0.2) is 12.2 Å². The third-order valence-electron chi connectivity index (χ3n) is 24.2. The maximum absolute atomic E-state index is 14.9.